The van der Waals surface area contributed by atoms with Gasteiger partial charge in [0.2, 0.25) is 0 Å². The third-order valence-corrected chi connectivity index (χ3v) is 3.69. The Balaban J connectivity index is 2.00. The minimum atomic E-state index is -0.567. The smallest absolute Gasteiger partial charge is 0.411 e. The molecule has 2 aromatic rings. The van der Waals surface area contributed by atoms with Crippen molar-refractivity contribution in [3.05, 3.63) is 63.6 Å². The Labute approximate surface area is 149 Å². The maximum absolute atomic E-state index is 12.2. The molecule has 0 fully saturated rings. The number of anilines is 1. The minimum absolute atomic E-state index is 0.268. The van der Waals surface area contributed by atoms with E-state index in [1.165, 1.54) is 0 Å². The second-order valence-corrected chi connectivity index (χ2v) is 5.69. The zero-order valence-electron chi connectivity index (χ0n) is 12.9. The fraction of sp³-hybridized carbons (Fsp3) is 0.176. The highest BCUT2D eigenvalue weighted by Crippen LogP contribution is 2.21. The lowest BCUT2D eigenvalue weighted by molar-refractivity contribution is 0.0951. The molecule has 0 unspecified atom stereocenters. The van der Waals surface area contributed by atoms with Crippen molar-refractivity contribution in [3.8, 4) is 0 Å². The quantitative estimate of drug-likeness (QED) is 0.818. The van der Waals surface area contributed by atoms with Crippen LogP contribution in [0.4, 0.5) is 10.5 Å². The topological polar surface area (TPSA) is 67.4 Å². The van der Waals surface area contributed by atoms with Crippen LogP contribution in [0.15, 0.2) is 42.5 Å². The maximum Gasteiger partial charge on any atom is 0.411 e. The van der Waals surface area contributed by atoms with Crippen LogP contribution in [0.5, 0.6) is 0 Å². The van der Waals surface area contributed by atoms with Gasteiger partial charge in [-0.1, -0.05) is 35.3 Å². The van der Waals surface area contributed by atoms with Crippen LogP contribution in [0.3, 0.4) is 0 Å². The van der Waals surface area contributed by atoms with Crippen molar-refractivity contribution in [1.29, 1.82) is 0 Å². The summed E-state index contributed by atoms with van der Waals surface area (Å²) in [7, 11) is 0. The van der Waals surface area contributed by atoms with Gasteiger partial charge in [-0.05, 0) is 42.8 Å². The van der Waals surface area contributed by atoms with E-state index in [4.69, 9.17) is 27.9 Å². The number of nitrogens with one attached hydrogen (secondary N) is 2. The number of carbonyl (C=O) groups is 2. The zero-order valence-corrected chi connectivity index (χ0v) is 14.4. The van der Waals surface area contributed by atoms with Crippen molar-refractivity contribution in [2.24, 2.45) is 0 Å². The average molecular weight is 367 g/mol. The lowest BCUT2D eigenvalue weighted by Gasteiger charge is -2.09. The Hall–Kier alpha value is -2.24. The standard InChI is InChI=1S/C17H16Cl2N2O3/c1-2-24-17(23)21-14-5-3-4-11(8-14)16(22)20-10-12-6-7-13(18)9-15(12)19/h3-9H,2,10H2,1H3,(H,20,22)(H,21,23). The van der Waals surface area contributed by atoms with Crippen LogP contribution >= 0.6 is 23.2 Å². The molecule has 5 nitrogen and oxygen atoms in total. The number of hydrogen-bond acceptors (Lipinski definition) is 3. The van der Waals surface area contributed by atoms with Crippen LogP contribution < -0.4 is 10.6 Å². The molecule has 7 heteroatoms. The highest BCUT2D eigenvalue weighted by Gasteiger charge is 2.09. The average Bonchev–Trinajstić information content (AvgIpc) is 2.54. The Morgan fingerprint density at radius 1 is 1.12 bits per heavy atom. The Morgan fingerprint density at radius 2 is 1.92 bits per heavy atom. The maximum atomic E-state index is 12.2. The third-order valence-electron chi connectivity index (χ3n) is 3.10. The first kappa shape index (κ1) is 18.1. The van der Waals surface area contributed by atoms with E-state index in [2.05, 4.69) is 10.6 Å². The number of hydrogen-bond donors (Lipinski definition) is 2. The summed E-state index contributed by atoms with van der Waals surface area (Å²) in [6.07, 6.45) is -0.567. The Kier molecular flexibility index (Phi) is 6.46. The number of amides is 2. The van der Waals surface area contributed by atoms with Crippen LogP contribution in [0.25, 0.3) is 0 Å². The van der Waals surface area contributed by atoms with Gasteiger partial charge >= 0.3 is 6.09 Å². The summed E-state index contributed by atoms with van der Waals surface area (Å²) in [5.41, 5.74) is 1.65. The minimum Gasteiger partial charge on any atom is -0.450 e. The second kappa shape index (κ2) is 8.57. The normalized spacial score (nSPS) is 10.1. The summed E-state index contributed by atoms with van der Waals surface area (Å²) in [6.45, 7) is 2.25. The van der Waals surface area contributed by atoms with Crippen molar-refractivity contribution in [2.75, 3.05) is 11.9 Å². The van der Waals surface area contributed by atoms with Crippen molar-refractivity contribution in [1.82, 2.24) is 5.32 Å². The van der Waals surface area contributed by atoms with Gasteiger partial charge in [0, 0.05) is 27.8 Å². The molecule has 2 rings (SSSR count). The molecule has 0 saturated heterocycles. The van der Waals surface area contributed by atoms with Gasteiger partial charge in [0.05, 0.1) is 6.61 Å². The molecule has 126 valence electrons. The van der Waals surface area contributed by atoms with E-state index in [1.807, 2.05) is 0 Å². The summed E-state index contributed by atoms with van der Waals surface area (Å²) in [4.78, 5) is 23.6. The summed E-state index contributed by atoms with van der Waals surface area (Å²) < 4.78 is 4.80. The van der Waals surface area contributed by atoms with Crippen molar-refractivity contribution < 1.29 is 14.3 Å². The molecule has 2 amide bonds. The van der Waals surface area contributed by atoms with Crippen LogP contribution in [0.1, 0.15) is 22.8 Å². The fourth-order valence-electron chi connectivity index (χ4n) is 1.97. The summed E-state index contributed by atoms with van der Waals surface area (Å²) >= 11 is 11.9. The van der Waals surface area contributed by atoms with Gasteiger partial charge in [-0.25, -0.2) is 4.79 Å². The van der Waals surface area contributed by atoms with Crippen molar-refractivity contribution in [3.63, 3.8) is 0 Å². The molecule has 0 bridgehead atoms. The summed E-state index contributed by atoms with van der Waals surface area (Å²) in [5, 5.41) is 6.34. The van der Waals surface area contributed by atoms with E-state index in [0.717, 1.165) is 5.56 Å². The predicted molar refractivity (Wildman–Crippen MR) is 94.7 cm³/mol. The lowest BCUT2D eigenvalue weighted by Crippen LogP contribution is -2.23. The SMILES string of the molecule is CCOC(=O)Nc1cccc(C(=O)NCc2ccc(Cl)cc2Cl)c1. The molecule has 0 aromatic heterocycles. The van der Waals surface area contributed by atoms with Crippen molar-refractivity contribution in [2.45, 2.75) is 13.5 Å². The number of benzene rings is 2. The molecule has 0 heterocycles. The molecular weight excluding hydrogens is 351 g/mol. The third kappa shape index (κ3) is 5.15. The van der Waals surface area contributed by atoms with Crippen LogP contribution in [-0.4, -0.2) is 18.6 Å². The molecule has 0 aliphatic heterocycles. The molecule has 0 saturated carbocycles. The van der Waals surface area contributed by atoms with Crippen LogP contribution in [-0.2, 0) is 11.3 Å². The summed E-state index contributed by atoms with van der Waals surface area (Å²) in [5.74, 6) is -0.284. The van der Waals surface area contributed by atoms with E-state index < -0.39 is 6.09 Å². The number of rotatable bonds is 5. The number of ether oxygens (including phenoxy) is 1. The Bertz CT molecular complexity index is 750. The molecule has 0 spiro atoms. The molecule has 2 aromatic carbocycles. The first-order valence-electron chi connectivity index (χ1n) is 7.25. The van der Waals surface area contributed by atoms with E-state index >= 15 is 0 Å². The molecule has 24 heavy (non-hydrogen) atoms. The van der Waals surface area contributed by atoms with Gasteiger partial charge in [0.15, 0.2) is 0 Å². The fourth-order valence-corrected chi connectivity index (χ4v) is 2.44. The van der Waals surface area contributed by atoms with Gasteiger partial charge in [-0.3, -0.25) is 10.1 Å². The van der Waals surface area contributed by atoms with E-state index in [1.54, 1.807) is 49.4 Å². The van der Waals surface area contributed by atoms with Gasteiger partial charge in [0.1, 0.15) is 0 Å². The first-order valence-corrected chi connectivity index (χ1v) is 8.01. The number of halogens is 2. The van der Waals surface area contributed by atoms with Gasteiger partial charge in [0.25, 0.3) is 5.91 Å². The van der Waals surface area contributed by atoms with E-state index in [9.17, 15) is 9.59 Å². The zero-order chi connectivity index (χ0) is 17.5. The molecule has 0 aliphatic rings. The largest absolute Gasteiger partial charge is 0.450 e. The molecule has 0 atom stereocenters. The van der Waals surface area contributed by atoms with Gasteiger partial charge in [-0.2, -0.15) is 0 Å². The predicted octanol–water partition coefficient (Wildman–Crippen LogP) is 4.49. The van der Waals surface area contributed by atoms with Gasteiger partial charge < -0.3 is 10.1 Å². The Morgan fingerprint density at radius 3 is 2.62 bits per heavy atom. The lowest BCUT2D eigenvalue weighted by atomic mass is 10.1. The number of carbonyl (C=O) groups excluding carboxylic acids is 2. The molecule has 0 aliphatic carbocycles. The highest BCUT2D eigenvalue weighted by atomic mass is 35.5. The van der Waals surface area contributed by atoms with Gasteiger partial charge in [-0.15, -0.1) is 0 Å². The highest BCUT2D eigenvalue weighted by molar-refractivity contribution is 6.35. The summed E-state index contributed by atoms with van der Waals surface area (Å²) in [6, 6.07) is 11.6. The molecule has 2 N–H and O–H groups in total. The van der Waals surface area contributed by atoms with Crippen molar-refractivity contribution >= 4 is 40.9 Å². The second-order valence-electron chi connectivity index (χ2n) is 4.84. The monoisotopic (exact) mass is 366 g/mol. The van der Waals surface area contributed by atoms with E-state index in [-0.39, 0.29) is 19.1 Å². The van der Waals surface area contributed by atoms with E-state index in [0.29, 0.717) is 21.3 Å². The van der Waals surface area contributed by atoms with Crippen LogP contribution in [0.2, 0.25) is 10.0 Å². The molecule has 0 radical (unpaired) electrons. The van der Waals surface area contributed by atoms with Crippen LogP contribution in [0, 0.1) is 0 Å². The first-order chi connectivity index (χ1) is 11.5. The molecular formula is C17H16Cl2N2O3.